The van der Waals surface area contributed by atoms with Crippen LogP contribution in [0.15, 0.2) is 24.3 Å². The second-order valence-corrected chi connectivity index (χ2v) is 8.21. The molecule has 104 valence electrons. The van der Waals surface area contributed by atoms with E-state index >= 15 is 0 Å². The molecule has 1 fully saturated rings. The summed E-state index contributed by atoms with van der Waals surface area (Å²) in [6.45, 7) is 2.80. The van der Waals surface area contributed by atoms with Gasteiger partial charge < -0.3 is 5.32 Å². The highest BCUT2D eigenvalue weighted by molar-refractivity contribution is 7.92. The van der Waals surface area contributed by atoms with E-state index in [9.17, 15) is 8.42 Å². The van der Waals surface area contributed by atoms with Gasteiger partial charge in [0, 0.05) is 6.04 Å². The Morgan fingerprint density at radius 2 is 2.05 bits per heavy atom. The first-order chi connectivity index (χ1) is 9.08. The molecule has 1 saturated heterocycles. The second-order valence-electron chi connectivity index (χ2n) is 5.95. The van der Waals surface area contributed by atoms with Gasteiger partial charge in [-0.15, -0.1) is 0 Å². The van der Waals surface area contributed by atoms with Gasteiger partial charge in [0.05, 0.1) is 11.0 Å². The maximum absolute atomic E-state index is 12.6. The first-order valence-electron chi connectivity index (χ1n) is 7.10. The number of nitrogens with one attached hydrogen (secondary N) is 1. The second kappa shape index (κ2) is 4.91. The van der Waals surface area contributed by atoms with Crippen molar-refractivity contribution in [3.8, 4) is 0 Å². The lowest BCUT2D eigenvalue weighted by Gasteiger charge is -2.24. The Hall–Kier alpha value is -0.870. The summed E-state index contributed by atoms with van der Waals surface area (Å²) in [5.74, 6) is 0.521. The molecular formula is C15H21NO2S. The van der Waals surface area contributed by atoms with Gasteiger partial charge in [0.2, 0.25) is 0 Å². The van der Waals surface area contributed by atoms with E-state index in [0.717, 1.165) is 25.8 Å². The Morgan fingerprint density at radius 3 is 2.89 bits per heavy atom. The Balaban J connectivity index is 2.08. The lowest BCUT2D eigenvalue weighted by molar-refractivity contribution is 0.468. The summed E-state index contributed by atoms with van der Waals surface area (Å²) in [7, 11) is -3.00. The fraction of sp³-hybridized carbons (Fsp3) is 0.600. The monoisotopic (exact) mass is 279 g/mol. The Kier molecular flexibility index (Phi) is 3.39. The van der Waals surface area contributed by atoms with Crippen molar-refractivity contribution < 1.29 is 8.42 Å². The van der Waals surface area contributed by atoms with E-state index in [1.807, 2.05) is 19.1 Å². The first-order valence-corrected chi connectivity index (χ1v) is 8.82. The van der Waals surface area contributed by atoms with Gasteiger partial charge in [-0.1, -0.05) is 31.2 Å². The third-order valence-electron chi connectivity index (χ3n) is 4.36. The van der Waals surface area contributed by atoms with Crippen molar-refractivity contribution in [2.24, 2.45) is 5.92 Å². The lowest BCUT2D eigenvalue weighted by Crippen LogP contribution is -2.34. The standard InChI is InChI=1S/C15H21NO2S/c1-11-9-16-15-13-7-3-2-5-12(13)6-4-8-14(15)19(17,18)10-11/h2-3,5,7,11,14-16H,4,6,8-10H2,1H3. The van der Waals surface area contributed by atoms with E-state index in [2.05, 4.69) is 17.4 Å². The van der Waals surface area contributed by atoms with Crippen molar-refractivity contribution in [2.45, 2.75) is 37.5 Å². The van der Waals surface area contributed by atoms with Gasteiger partial charge in [-0.05, 0) is 42.9 Å². The summed E-state index contributed by atoms with van der Waals surface area (Å²) < 4.78 is 25.1. The zero-order valence-corrected chi connectivity index (χ0v) is 12.1. The van der Waals surface area contributed by atoms with E-state index in [0.29, 0.717) is 5.75 Å². The Bertz CT molecular complexity index is 567. The minimum absolute atomic E-state index is 0.0198. The van der Waals surface area contributed by atoms with Crippen LogP contribution >= 0.6 is 0 Å². The van der Waals surface area contributed by atoms with Gasteiger partial charge in [-0.3, -0.25) is 0 Å². The van der Waals surface area contributed by atoms with Gasteiger partial charge in [-0.2, -0.15) is 0 Å². The minimum Gasteiger partial charge on any atom is -0.309 e. The van der Waals surface area contributed by atoms with Crippen LogP contribution in [0.25, 0.3) is 0 Å². The molecule has 1 heterocycles. The van der Waals surface area contributed by atoms with Crippen LogP contribution in [0, 0.1) is 5.92 Å². The SMILES string of the molecule is CC1CNC2c3ccccc3CCCC2S(=O)(=O)C1. The van der Waals surface area contributed by atoms with Crippen LogP contribution in [0.3, 0.4) is 0 Å². The molecule has 0 amide bonds. The fourth-order valence-corrected chi connectivity index (χ4v) is 5.80. The first kappa shape index (κ1) is 13.1. The molecule has 1 aromatic carbocycles. The van der Waals surface area contributed by atoms with Crippen LogP contribution in [0.2, 0.25) is 0 Å². The van der Waals surface area contributed by atoms with E-state index in [4.69, 9.17) is 0 Å². The predicted molar refractivity (Wildman–Crippen MR) is 76.9 cm³/mol. The molecule has 3 nitrogen and oxygen atoms in total. The van der Waals surface area contributed by atoms with Crippen LogP contribution in [0.4, 0.5) is 0 Å². The molecule has 1 aliphatic carbocycles. The van der Waals surface area contributed by atoms with Crippen molar-refractivity contribution in [1.29, 1.82) is 0 Å². The van der Waals surface area contributed by atoms with Crippen LogP contribution in [-0.2, 0) is 16.3 Å². The van der Waals surface area contributed by atoms with Gasteiger partial charge in [-0.25, -0.2) is 8.42 Å². The molecule has 3 atom stereocenters. The molecule has 1 aliphatic heterocycles. The van der Waals surface area contributed by atoms with Gasteiger partial charge in [0.25, 0.3) is 0 Å². The number of rotatable bonds is 0. The average Bonchev–Trinajstić information content (AvgIpc) is 2.61. The lowest BCUT2D eigenvalue weighted by atomic mass is 9.98. The topological polar surface area (TPSA) is 46.2 Å². The zero-order valence-electron chi connectivity index (χ0n) is 11.3. The smallest absolute Gasteiger partial charge is 0.155 e. The quantitative estimate of drug-likeness (QED) is 0.791. The molecule has 19 heavy (non-hydrogen) atoms. The number of hydrogen-bond acceptors (Lipinski definition) is 3. The predicted octanol–water partition coefficient (Wildman–Crippen LogP) is 2.09. The Morgan fingerprint density at radius 1 is 1.26 bits per heavy atom. The maximum atomic E-state index is 12.6. The number of fused-ring (bicyclic) bond motifs is 3. The largest absolute Gasteiger partial charge is 0.309 e. The third kappa shape index (κ3) is 2.43. The van der Waals surface area contributed by atoms with Crippen LogP contribution in [0.5, 0.6) is 0 Å². The van der Waals surface area contributed by atoms with Crippen LogP contribution < -0.4 is 5.32 Å². The molecule has 0 spiro atoms. The molecule has 0 bridgehead atoms. The summed E-state index contributed by atoms with van der Waals surface area (Å²) in [5, 5.41) is 3.26. The molecule has 3 rings (SSSR count). The van der Waals surface area contributed by atoms with Gasteiger partial charge in [0.1, 0.15) is 0 Å². The Labute approximate surface area is 115 Å². The highest BCUT2D eigenvalue weighted by Gasteiger charge is 2.39. The van der Waals surface area contributed by atoms with Crippen LogP contribution in [0.1, 0.15) is 36.9 Å². The molecular weight excluding hydrogens is 258 g/mol. The fourth-order valence-electron chi connectivity index (χ4n) is 3.46. The average molecular weight is 279 g/mol. The van der Waals surface area contributed by atoms with E-state index in [1.165, 1.54) is 11.1 Å². The molecule has 1 aromatic rings. The van der Waals surface area contributed by atoms with Gasteiger partial charge >= 0.3 is 0 Å². The molecule has 2 aliphatic rings. The number of hydrogen-bond donors (Lipinski definition) is 1. The highest BCUT2D eigenvalue weighted by atomic mass is 32.2. The molecule has 0 saturated carbocycles. The van der Waals surface area contributed by atoms with Crippen LogP contribution in [-0.4, -0.2) is 26.0 Å². The maximum Gasteiger partial charge on any atom is 0.155 e. The number of sulfone groups is 1. The summed E-state index contributed by atoms with van der Waals surface area (Å²) in [4.78, 5) is 0. The van der Waals surface area contributed by atoms with Crippen molar-refractivity contribution >= 4 is 9.84 Å². The van der Waals surface area contributed by atoms with E-state index < -0.39 is 9.84 Å². The van der Waals surface area contributed by atoms with Crippen molar-refractivity contribution in [3.63, 3.8) is 0 Å². The third-order valence-corrected chi connectivity index (χ3v) is 6.83. The molecule has 1 N–H and O–H groups in total. The molecule has 4 heteroatoms. The highest BCUT2D eigenvalue weighted by Crippen LogP contribution is 2.35. The number of benzene rings is 1. The summed E-state index contributed by atoms with van der Waals surface area (Å²) in [6.07, 6.45) is 2.74. The summed E-state index contributed by atoms with van der Waals surface area (Å²) in [5.41, 5.74) is 2.51. The minimum atomic E-state index is -3.00. The molecule has 0 radical (unpaired) electrons. The zero-order chi connectivity index (χ0) is 13.5. The summed E-state index contributed by atoms with van der Waals surface area (Å²) >= 11 is 0. The normalized spacial score (nSPS) is 33.6. The van der Waals surface area contributed by atoms with E-state index in [-0.39, 0.29) is 17.2 Å². The van der Waals surface area contributed by atoms with Crippen molar-refractivity contribution in [2.75, 3.05) is 12.3 Å². The summed E-state index contributed by atoms with van der Waals surface area (Å²) in [6, 6.07) is 8.28. The molecule has 0 aromatic heterocycles. The molecule has 3 unspecified atom stereocenters. The van der Waals surface area contributed by atoms with Crippen molar-refractivity contribution in [1.82, 2.24) is 5.32 Å². The van der Waals surface area contributed by atoms with Gasteiger partial charge in [0.15, 0.2) is 9.84 Å². The van der Waals surface area contributed by atoms with Crippen molar-refractivity contribution in [3.05, 3.63) is 35.4 Å². The van der Waals surface area contributed by atoms with E-state index in [1.54, 1.807) is 0 Å². The number of aryl methyl sites for hydroxylation is 1.